The summed E-state index contributed by atoms with van der Waals surface area (Å²) < 4.78 is 60.7. The summed E-state index contributed by atoms with van der Waals surface area (Å²) in [5, 5.41) is 2.58. The lowest BCUT2D eigenvalue weighted by atomic mass is 10.1. The summed E-state index contributed by atoms with van der Waals surface area (Å²) in [4.78, 5) is 11.6. The van der Waals surface area contributed by atoms with Crippen molar-refractivity contribution in [3.63, 3.8) is 0 Å². The van der Waals surface area contributed by atoms with Crippen LogP contribution in [0, 0.1) is 5.92 Å². The molecule has 4 nitrogen and oxygen atoms in total. The molecule has 0 saturated carbocycles. The van der Waals surface area contributed by atoms with Gasteiger partial charge in [-0.1, -0.05) is 26.0 Å². The Bertz CT molecular complexity index is 638. The molecule has 0 saturated heterocycles. The largest absolute Gasteiger partial charge is 0.416 e. The molecule has 0 fully saturated rings. The molecule has 0 aliphatic heterocycles. The van der Waals surface area contributed by atoms with Gasteiger partial charge in [-0.15, -0.1) is 0 Å². The second-order valence-electron chi connectivity index (χ2n) is 6.05. The van der Waals surface area contributed by atoms with Crippen molar-refractivity contribution >= 4 is 15.7 Å². The number of carbonyl (C=O) groups excluding carboxylic acids is 1. The van der Waals surface area contributed by atoms with Gasteiger partial charge in [-0.2, -0.15) is 13.2 Å². The van der Waals surface area contributed by atoms with E-state index in [0.29, 0.717) is 12.0 Å². The lowest BCUT2D eigenvalue weighted by Crippen LogP contribution is -2.28. The number of amides is 1. The quantitative estimate of drug-likeness (QED) is 0.771. The fourth-order valence-electron chi connectivity index (χ4n) is 2.13. The van der Waals surface area contributed by atoms with Crippen molar-refractivity contribution in [2.45, 2.75) is 32.9 Å². The van der Waals surface area contributed by atoms with Crippen LogP contribution in [0.15, 0.2) is 24.3 Å². The normalized spacial score (nSPS) is 12.4. The van der Waals surface area contributed by atoms with Crippen LogP contribution in [0.3, 0.4) is 0 Å². The van der Waals surface area contributed by atoms with Crippen molar-refractivity contribution in [3.05, 3.63) is 35.4 Å². The van der Waals surface area contributed by atoms with Crippen molar-refractivity contribution in [2.75, 3.05) is 18.1 Å². The highest BCUT2D eigenvalue weighted by atomic mass is 32.2. The maximum absolute atomic E-state index is 12.4. The summed E-state index contributed by atoms with van der Waals surface area (Å²) in [6, 6.07) is 4.72. The number of nitrogens with one attached hydrogen (secondary N) is 1. The van der Waals surface area contributed by atoms with Gasteiger partial charge in [0.05, 0.1) is 17.1 Å². The van der Waals surface area contributed by atoms with Crippen LogP contribution in [0.4, 0.5) is 13.2 Å². The lowest BCUT2D eigenvalue weighted by Gasteiger charge is -2.09. The van der Waals surface area contributed by atoms with Crippen LogP contribution in [0.1, 0.15) is 31.4 Å². The molecular weight excluding hydrogens is 343 g/mol. The van der Waals surface area contributed by atoms with Gasteiger partial charge in [-0.3, -0.25) is 4.79 Å². The Morgan fingerprint density at radius 2 is 1.75 bits per heavy atom. The Morgan fingerprint density at radius 1 is 1.17 bits per heavy atom. The highest BCUT2D eigenvalue weighted by molar-refractivity contribution is 7.91. The summed E-state index contributed by atoms with van der Waals surface area (Å²) in [6.07, 6.45) is -4.10. The van der Waals surface area contributed by atoms with Gasteiger partial charge in [0.15, 0.2) is 9.84 Å². The van der Waals surface area contributed by atoms with Crippen molar-refractivity contribution in [1.29, 1.82) is 0 Å². The number of hydrogen-bond acceptors (Lipinski definition) is 3. The lowest BCUT2D eigenvalue weighted by molar-refractivity contribution is -0.137. The van der Waals surface area contributed by atoms with Gasteiger partial charge >= 0.3 is 6.18 Å². The minimum absolute atomic E-state index is 0.0118. The fourth-order valence-corrected chi connectivity index (χ4v) is 3.81. The van der Waals surface area contributed by atoms with Gasteiger partial charge in [0, 0.05) is 13.0 Å². The number of hydrogen-bond donors (Lipinski definition) is 1. The van der Waals surface area contributed by atoms with Gasteiger partial charge in [-0.25, -0.2) is 8.42 Å². The Kier molecular flexibility index (Phi) is 7.26. The average Bonchev–Trinajstić information content (AvgIpc) is 2.43. The second kappa shape index (κ2) is 8.50. The summed E-state index contributed by atoms with van der Waals surface area (Å²) in [7, 11) is -3.24. The molecule has 1 N–H and O–H groups in total. The monoisotopic (exact) mass is 365 g/mol. The molecule has 24 heavy (non-hydrogen) atoms. The molecule has 0 atom stereocenters. The number of halogens is 3. The first-order valence-electron chi connectivity index (χ1n) is 7.63. The molecular formula is C16H22F3NO3S. The Labute approximate surface area is 140 Å². The highest BCUT2D eigenvalue weighted by Crippen LogP contribution is 2.29. The second-order valence-corrected chi connectivity index (χ2v) is 8.28. The van der Waals surface area contributed by atoms with Crippen molar-refractivity contribution in [2.24, 2.45) is 5.92 Å². The maximum Gasteiger partial charge on any atom is 0.416 e. The zero-order valence-corrected chi connectivity index (χ0v) is 14.5. The van der Waals surface area contributed by atoms with E-state index in [9.17, 15) is 26.4 Å². The molecule has 1 aromatic carbocycles. The number of rotatable bonds is 8. The standard InChI is InChI=1S/C16H22F3NO3S/c1-12(2)11-24(22,23)10-8-15(21)20-9-7-13-3-5-14(6-4-13)16(17,18)19/h3-6,12H,7-11H2,1-2H3,(H,20,21). The van der Waals surface area contributed by atoms with E-state index in [1.165, 1.54) is 12.1 Å². The van der Waals surface area contributed by atoms with Gasteiger partial charge < -0.3 is 5.32 Å². The smallest absolute Gasteiger partial charge is 0.356 e. The van der Waals surface area contributed by atoms with E-state index in [1.54, 1.807) is 13.8 Å². The fraction of sp³-hybridized carbons (Fsp3) is 0.562. The number of sulfone groups is 1. The molecule has 1 rings (SSSR count). The van der Waals surface area contributed by atoms with Crippen molar-refractivity contribution in [3.8, 4) is 0 Å². The Morgan fingerprint density at radius 3 is 2.25 bits per heavy atom. The molecule has 1 aromatic rings. The highest BCUT2D eigenvalue weighted by Gasteiger charge is 2.29. The van der Waals surface area contributed by atoms with E-state index < -0.39 is 21.6 Å². The summed E-state index contributed by atoms with van der Waals surface area (Å²) >= 11 is 0. The predicted octanol–water partition coefficient (Wildman–Crippen LogP) is 2.83. The van der Waals surface area contributed by atoms with Crippen molar-refractivity contribution in [1.82, 2.24) is 5.32 Å². The number of carbonyl (C=O) groups is 1. The Balaban J connectivity index is 2.36. The summed E-state index contributed by atoms with van der Waals surface area (Å²) in [5.41, 5.74) is -0.0543. The van der Waals surface area contributed by atoms with Crippen LogP contribution >= 0.6 is 0 Å². The summed E-state index contributed by atoms with van der Waals surface area (Å²) in [5.74, 6) is -0.518. The van der Waals surface area contributed by atoms with Crippen LogP contribution in [0.2, 0.25) is 0 Å². The molecule has 1 amide bonds. The zero-order valence-electron chi connectivity index (χ0n) is 13.7. The van der Waals surface area contributed by atoms with E-state index in [1.807, 2.05) is 0 Å². The van der Waals surface area contributed by atoms with Gasteiger partial charge in [-0.05, 0) is 30.0 Å². The molecule has 136 valence electrons. The van der Waals surface area contributed by atoms with Crippen LogP contribution in [-0.4, -0.2) is 32.4 Å². The van der Waals surface area contributed by atoms with E-state index in [2.05, 4.69) is 5.32 Å². The topological polar surface area (TPSA) is 63.2 Å². The predicted molar refractivity (Wildman–Crippen MR) is 86.3 cm³/mol. The first kappa shape index (κ1) is 20.5. The third-order valence-electron chi connectivity index (χ3n) is 3.24. The van der Waals surface area contributed by atoms with E-state index in [4.69, 9.17) is 0 Å². The average molecular weight is 365 g/mol. The first-order valence-corrected chi connectivity index (χ1v) is 9.45. The van der Waals surface area contributed by atoms with E-state index >= 15 is 0 Å². The van der Waals surface area contributed by atoms with Crippen LogP contribution < -0.4 is 5.32 Å². The van der Waals surface area contributed by atoms with E-state index in [-0.39, 0.29) is 36.3 Å². The molecule has 0 aromatic heterocycles. The van der Waals surface area contributed by atoms with Crippen LogP contribution in [-0.2, 0) is 27.2 Å². The van der Waals surface area contributed by atoms with Gasteiger partial charge in [0.2, 0.25) is 5.91 Å². The molecule has 0 aliphatic carbocycles. The number of alkyl halides is 3. The maximum atomic E-state index is 12.4. The SMILES string of the molecule is CC(C)CS(=O)(=O)CCC(=O)NCCc1ccc(C(F)(F)F)cc1. The van der Waals surface area contributed by atoms with Crippen molar-refractivity contribution < 1.29 is 26.4 Å². The number of benzene rings is 1. The Hall–Kier alpha value is -1.57. The molecule has 0 spiro atoms. The third kappa shape index (κ3) is 7.81. The molecule has 0 bridgehead atoms. The minimum atomic E-state index is -4.37. The minimum Gasteiger partial charge on any atom is -0.356 e. The molecule has 0 aliphatic rings. The first-order chi connectivity index (χ1) is 11.0. The van der Waals surface area contributed by atoms with E-state index in [0.717, 1.165) is 12.1 Å². The zero-order chi connectivity index (χ0) is 18.4. The third-order valence-corrected chi connectivity index (χ3v) is 5.25. The van der Waals surface area contributed by atoms with Crippen LogP contribution in [0.25, 0.3) is 0 Å². The molecule has 0 unspecified atom stereocenters. The van der Waals surface area contributed by atoms with Gasteiger partial charge in [0.25, 0.3) is 0 Å². The molecule has 0 heterocycles. The van der Waals surface area contributed by atoms with Crippen LogP contribution in [0.5, 0.6) is 0 Å². The van der Waals surface area contributed by atoms with Gasteiger partial charge in [0.1, 0.15) is 0 Å². The molecule has 8 heteroatoms. The molecule has 0 radical (unpaired) electrons. The summed E-state index contributed by atoms with van der Waals surface area (Å²) in [6.45, 7) is 3.83.